The van der Waals surface area contributed by atoms with Crippen LogP contribution in [0.2, 0.25) is 0 Å². The van der Waals surface area contributed by atoms with Gasteiger partial charge in [-0.3, -0.25) is 9.59 Å². The lowest BCUT2D eigenvalue weighted by Crippen LogP contribution is -2.35. The highest BCUT2D eigenvalue weighted by atomic mass is 32.2. The maximum Gasteiger partial charge on any atom is 0.287 e. The SMILES string of the molecule is Cc1cc(C)c2oc(C(=O)N[C@H]3CCS(=O)(=O)C3)cc(=O)c2c1. The molecule has 0 unspecified atom stereocenters. The first-order valence-electron chi connectivity index (χ1n) is 7.31. The van der Waals surface area contributed by atoms with E-state index >= 15 is 0 Å². The average molecular weight is 335 g/mol. The monoisotopic (exact) mass is 335 g/mol. The molecule has 1 aliphatic rings. The van der Waals surface area contributed by atoms with Crippen molar-refractivity contribution < 1.29 is 17.6 Å². The lowest BCUT2D eigenvalue weighted by atomic mass is 10.1. The summed E-state index contributed by atoms with van der Waals surface area (Å²) in [4.78, 5) is 24.5. The molecule has 0 bridgehead atoms. The van der Waals surface area contributed by atoms with E-state index in [-0.39, 0.29) is 22.7 Å². The summed E-state index contributed by atoms with van der Waals surface area (Å²) in [6.45, 7) is 3.69. The number of nitrogens with one attached hydrogen (secondary N) is 1. The summed E-state index contributed by atoms with van der Waals surface area (Å²) >= 11 is 0. The van der Waals surface area contributed by atoms with Crippen LogP contribution in [0.1, 0.15) is 28.1 Å². The third kappa shape index (κ3) is 3.14. The Hall–Kier alpha value is -2.15. The van der Waals surface area contributed by atoms with E-state index in [0.717, 1.165) is 17.2 Å². The van der Waals surface area contributed by atoms with Crippen molar-refractivity contribution in [3.63, 3.8) is 0 Å². The Morgan fingerprint density at radius 3 is 2.65 bits per heavy atom. The summed E-state index contributed by atoms with van der Waals surface area (Å²) in [7, 11) is -3.08. The maximum atomic E-state index is 12.2. The molecule has 23 heavy (non-hydrogen) atoms. The summed E-state index contributed by atoms with van der Waals surface area (Å²) in [6.07, 6.45) is 0.379. The van der Waals surface area contributed by atoms with Crippen LogP contribution in [-0.2, 0) is 9.84 Å². The van der Waals surface area contributed by atoms with Gasteiger partial charge in [-0.15, -0.1) is 0 Å². The largest absolute Gasteiger partial charge is 0.450 e. The van der Waals surface area contributed by atoms with Crippen LogP contribution in [0.3, 0.4) is 0 Å². The Morgan fingerprint density at radius 1 is 1.26 bits per heavy atom. The number of fused-ring (bicyclic) bond motifs is 1. The highest BCUT2D eigenvalue weighted by Gasteiger charge is 2.29. The number of benzene rings is 1. The molecule has 2 heterocycles. The number of hydrogen-bond acceptors (Lipinski definition) is 5. The van der Waals surface area contributed by atoms with E-state index in [1.807, 2.05) is 19.9 Å². The quantitative estimate of drug-likeness (QED) is 0.893. The summed E-state index contributed by atoms with van der Waals surface area (Å²) < 4.78 is 28.5. The van der Waals surface area contributed by atoms with Crippen LogP contribution < -0.4 is 10.7 Å². The number of sulfone groups is 1. The van der Waals surface area contributed by atoms with Crippen LogP contribution in [0, 0.1) is 13.8 Å². The van der Waals surface area contributed by atoms with Crippen LogP contribution in [0.4, 0.5) is 0 Å². The van der Waals surface area contributed by atoms with Crippen molar-refractivity contribution >= 4 is 26.7 Å². The molecule has 2 aromatic rings. The molecule has 0 radical (unpaired) electrons. The summed E-state index contributed by atoms with van der Waals surface area (Å²) in [5.41, 5.74) is 1.81. The van der Waals surface area contributed by atoms with Gasteiger partial charge in [-0.05, 0) is 37.5 Å². The summed E-state index contributed by atoms with van der Waals surface area (Å²) in [6, 6.07) is 4.31. The topological polar surface area (TPSA) is 93.4 Å². The van der Waals surface area contributed by atoms with E-state index in [9.17, 15) is 18.0 Å². The number of aryl methyl sites for hydroxylation is 2. The standard InChI is InChI=1S/C16H17NO5S/c1-9-5-10(2)15-12(6-9)13(18)7-14(22-15)16(19)17-11-3-4-23(20,21)8-11/h5-7,11H,3-4,8H2,1-2H3,(H,17,19)/t11-/m0/s1. The number of carbonyl (C=O) groups is 1. The highest BCUT2D eigenvalue weighted by Crippen LogP contribution is 2.19. The zero-order chi connectivity index (χ0) is 16.8. The van der Waals surface area contributed by atoms with Crippen molar-refractivity contribution in [1.82, 2.24) is 5.32 Å². The van der Waals surface area contributed by atoms with E-state index in [2.05, 4.69) is 5.32 Å². The molecule has 1 saturated heterocycles. The van der Waals surface area contributed by atoms with Gasteiger partial charge in [0.15, 0.2) is 21.0 Å². The lowest BCUT2D eigenvalue weighted by molar-refractivity contribution is 0.0913. The molecular formula is C16H17NO5S. The molecule has 1 aromatic heterocycles. The van der Waals surface area contributed by atoms with E-state index in [0.29, 0.717) is 17.4 Å². The fourth-order valence-corrected chi connectivity index (χ4v) is 4.56. The molecule has 7 heteroatoms. The minimum Gasteiger partial charge on any atom is -0.450 e. The molecule has 0 saturated carbocycles. The van der Waals surface area contributed by atoms with E-state index in [1.54, 1.807) is 6.07 Å². The number of amides is 1. The molecule has 3 rings (SSSR count). The summed E-state index contributed by atoms with van der Waals surface area (Å²) in [5.74, 6) is -0.669. The predicted octanol–water partition coefficient (Wildman–Crippen LogP) is 1.33. The highest BCUT2D eigenvalue weighted by molar-refractivity contribution is 7.91. The smallest absolute Gasteiger partial charge is 0.287 e. The number of rotatable bonds is 2. The van der Waals surface area contributed by atoms with Gasteiger partial charge in [-0.25, -0.2) is 8.42 Å². The van der Waals surface area contributed by atoms with Crippen molar-refractivity contribution in [3.05, 3.63) is 45.3 Å². The molecule has 122 valence electrons. The van der Waals surface area contributed by atoms with Crippen molar-refractivity contribution in [1.29, 1.82) is 0 Å². The normalized spacial score (nSPS) is 19.8. The second-order valence-electron chi connectivity index (χ2n) is 6.01. The van der Waals surface area contributed by atoms with Gasteiger partial charge >= 0.3 is 0 Å². The number of hydrogen-bond donors (Lipinski definition) is 1. The van der Waals surface area contributed by atoms with Crippen LogP contribution >= 0.6 is 0 Å². The molecule has 1 aliphatic heterocycles. The van der Waals surface area contributed by atoms with Crippen LogP contribution in [-0.4, -0.2) is 31.9 Å². The predicted molar refractivity (Wildman–Crippen MR) is 86.5 cm³/mol. The fraction of sp³-hybridized carbons (Fsp3) is 0.375. The van der Waals surface area contributed by atoms with Crippen LogP contribution in [0.25, 0.3) is 11.0 Å². The van der Waals surface area contributed by atoms with Crippen molar-refractivity contribution in [3.8, 4) is 0 Å². The minimum atomic E-state index is -3.08. The Bertz CT molecular complexity index is 958. The van der Waals surface area contributed by atoms with Gasteiger partial charge in [0.2, 0.25) is 0 Å². The second-order valence-corrected chi connectivity index (χ2v) is 8.24. The first-order chi connectivity index (χ1) is 10.7. The zero-order valence-corrected chi connectivity index (χ0v) is 13.7. The van der Waals surface area contributed by atoms with Crippen molar-refractivity contribution in [2.24, 2.45) is 0 Å². The first-order valence-corrected chi connectivity index (χ1v) is 9.14. The molecule has 0 aliphatic carbocycles. The summed E-state index contributed by atoms with van der Waals surface area (Å²) in [5, 5.41) is 3.06. The van der Waals surface area contributed by atoms with Gasteiger partial charge < -0.3 is 9.73 Å². The number of carbonyl (C=O) groups excluding carboxylic acids is 1. The van der Waals surface area contributed by atoms with Gasteiger partial charge in [0.25, 0.3) is 5.91 Å². The average Bonchev–Trinajstić information content (AvgIpc) is 2.78. The third-order valence-corrected chi connectivity index (χ3v) is 5.72. The lowest BCUT2D eigenvalue weighted by Gasteiger charge is -2.11. The minimum absolute atomic E-state index is 0.0675. The van der Waals surface area contributed by atoms with E-state index in [1.165, 1.54) is 0 Å². The third-order valence-electron chi connectivity index (χ3n) is 3.95. The molecule has 1 fully saturated rings. The van der Waals surface area contributed by atoms with Gasteiger partial charge in [0.05, 0.1) is 16.9 Å². The Labute approximate surface area is 133 Å². The van der Waals surface area contributed by atoms with Gasteiger partial charge in [0.1, 0.15) is 5.58 Å². The van der Waals surface area contributed by atoms with E-state index < -0.39 is 21.8 Å². The van der Waals surface area contributed by atoms with Gasteiger partial charge in [-0.1, -0.05) is 6.07 Å². The Balaban J connectivity index is 1.94. The first kappa shape index (κ1) is 15.7. The molecule has 1 aromatic carbocycles. The Kier molecular flexibility index (Phi) is 3.75. The van der Waals surface area contributed by atoms with Crippen LogP contribution in [0.15, 0.2) is 27.4 Å². The molecule has 0 spiro atoms. The molecule has 6 nitrogen and oxygen atoms in total. The van der Waals surface area contributed by atoms with E-state index in [4.69, 9.17) is 4.42 Å². The van der Waals surface area contributed by atoms with Crippen molar-refractivity contribution in [2.45, 2.75) is 26.3 Å². The van der Waals surface area contributed by atoms with Gasteiger partial charge in [-0.2, -0.15) is 0 Å². The molecule has 1 atom stereocenters. The van der Waals surface area contributed by atoms with Crippen molar-refractivity contribution in [2.75, 3.05) is 11.5 Å². The fourth-order valence-electron chi connectivity index (χ4n) is 2.89. The molecule has 1 amide bonds. The van der Waals surface area contributed by atoms with Crippen LogP contribution in [0.5, 0.6) is 0 Å². The molecular weight excluding hydrogens is 318 g/mol. The Morgan fingerprint density at radius 2 is 2.00 bits per heavy atom. The maximum absolute atomic E-state index is 12.2. The second kappa shape index (κ2) is 5.49. The molecule has 1 N–H and O–H groups in total. The zero-order valence-electron chi connectivity index (χ0n) is 12.9. The van der Waals surface area contributed by atoms with Gasteiger partial charge in [0, 0.05) is 12.1 Å².